The Hall–Kier alpha value is -2.77. The lowest BCUT2D eigenvalue weighted by molar-refractivity contribution is -0.139. The Bertz CT molecular complexity index is 783. The summed E-state index contributed by atoms with van der Waals surface area (Å²) in [4.78, 5) is 40.5. The van der Waals surface area contributed by atoms with Crippen LogP contribution >= 0.6 is 0 Å². The van der Waals surface area contributed by atoms with Crippen LogP contribution in [0.1, 0.15) is 32.3 Å². The fraction of sp³-hybridized carbons (Fsp3) is 0.500. The zero-order valence-corrected chi connectivity index (χ0v) is 16.2. The molecule has 1 saturated heterocycles. The molecule has 3 rings (SSSR count). The van der Waals surface area contributed by atoms with Crippen LogP contribution in [0.25, 0.3) is 0 Å². The van der Waals surface area contributed by atoms with E-state index in [-0.39, 0.29) is 42.4 Å². The van der Waals surface area contributed by atoms with Crippen LogP contribution in [0, 0.1) is 11.7 Å². The van der Waals surface area contributed by atoms with E-state index in [1.54, 1.807) is 21.9 Å². The van der Waals surface area contributed by atoms with Gasteiger partial charge in [-0.3, -0.25) is 14.4 Å². The zero-order chi connectivity index (χ0) is 20.3. The minimum absolute atomic E-state index is 0.0593. The van der Waals surface area contributed by atoms with Gasteiger partial charge in [0.15, 0.2) is 0 Å². The van der Waals surface area contributed by atoms with Crippen LogP contribution < -0.4 is 0 Å². The molecule has 0 aliphatic carbocycles. The molecule has 150 valence electrons. The number of hydrogen-bond donors (Lipinski definition) is 0. The number of benzene rings is 1. The molecule has 2 aliphatic heterocycles. The topological polar surface area (TPSA) is 73.3 Å². The number of carbonyl (C=O) groups is 3. The van der Waals surface area contributed by atoms with Gasteiger partial charge in [0.25, 0.3) is 5.91 Å². The third kappa shape index (κ3) is 4.55. The molecule has 8 heteroatoms. The molecule has 1 fully saturated rings. The number of hydrazone groups is 1. The second-order valence-electron chi connectivity index (χ2n) is 7.40. The van der Waals surface area contributed by atoms with Gasteiger partial charge in [-0.25, -0.2) is 9.40 Å². The van der Waals surface area contributed by atoms with Crippen molar-refractivity contribution in [1.29, 1.82) is 0 Å². The van der Waals surface area contributed by atoms with Gasteiger partial charge in [-0.1, -0.05) is 26.0 Å². The van der Waals surface area contributed by atoms with Crippen molar-refractivity contribution < 1.29 is 18.8 Å². The number of hydrogen-bond acceptors (Lipinski definition) is 4. The molecular weight excluding hydrogens is 363 g/mol. The first-order valence-corrected chi connectivity index (χ1v) is 9.55. The Kier molecular flexibility index (Phi) is 6.06. The first-order valence-electron chi connectivity index (χ1n) is 9.55. The van der Waals surface area contributed by atoms with Gasteiger partial charge < -0.3 is 9.80 Å². The summed E-state index contributed by atoms with van der Waals surface area (Å²) in [7, 11) is 0. The minimum atomic E-state index is -0.344. The summed E-state index contributed by atoms with van der Waals surface area (Å²) in [5, 5.41) is 5.55. The van der Waals surface area contributed by atoms with E-state index in [1.807, 2.05) is 13.8 Å². The third-order valence-electron chi connectivity index (χ3n) is 4.97. The molecule has 2 heterocycles. The standard InChI is InChI=1S/C20H25FN4O3/c1-14(2)19(27)23-9-11-24(12-10-23)20(28)17-7-8-18(26)25(22-17)13-15-3-5-16(21)6-4-15/h3-6,14H,7-13H2,1-2H3. The molecule has 3 amide bonds. The fourth-order valence-electron chi connectivity index (χ4n) is 3.32. The smallest absolute Gasteiger partial charge is 0.270 e. The van der Waals surface area contributed by atoms with Crippen LogP contribution in [0.2, 0.25) is 0 Å². The number of amides is 3. The van der Waals surface area contributed by atoms with Crippen LogP contribution in [0.5, 0.6) is 0 Å². The van der Waals surface area contributed by atoms with E-state index in [1.165, 1.54) is 17.1 Å². The van der Waals surface area contributed by atoms with E-state index < -0.39 is 0 Å². The third-order valence-corrected chi connectivity index (χ3v) is 4.97. The highest BCUT2D eigenvalue weighted by Crippen LogP contribution is 2.16. The van der Waals surface area contributed by atoms with Crippen molar-refractivity contribution in [2.24, 2.45) is 11.0 Å². The van der Waals surface area contributed by atoms with Crippen molar-refractivity contribution in [3.63, 3.8) is 0 Å². The fourth-order valence-corrected chi connectivity index (χ4v) is 3.32. The Morgan fingerprint density at radius 1 is 1.04 bits per heavy atom. The number of carbonyl (C=O) groups excluding carboxylic acids is 3. The van der Waals surface area contributed by atoms with Gasteiger partial charge in [-0.2, -0.15) is 5.10 Å². The highest BCUT2D eigenvalue weighted by Gasteiger charge is 2.30. The van der Waals surface area contributed by atoms with Crippen LogP contribution in [0.3, 0.4) is 0 Å². The van der Waals surface area contributed by atoms with Crippen molar-refractivity contribution in [2.75, 3.05) is 26.2 Å². The van der Waals surface area contributed by atoms with Crippen molar-refractivity contribution in [1.82, 2.24) is 14.8 Å². The Labute approximate surface area is 163 Å². The maximum absolute atomic E-state index is 13.1. The first kappa shape index (κ1) is 20.0. The average molecular weight is 388 g/mol. The first-order chi connectivity index (χ1) is 13.3. The van der Waals surface area contributed by atoms with Crippen molar-refractivity contribution in [3.05, 3.63) is 35.6 Å². The predicted molar refractivity (Wildman–Crippen MR) is 102 cm³/mol. The normalized spacial score (nSPS) is 17.8. The van der Waals surface area contributed by atoms with Crippen molar-refractivity contribution in [3.8, 4) is 0 Å². The van der Waals surface area contributed by atoms with Crippen LogP contribution in [-0.2, 0) is 20.9 Å². The highest BCUT2D eigenvalue weighted by molar-refractivity contribution is 6.39. The lowest BCUT2D eigenvalue weighted by atomic mass is 10.1. The van der Waals surface area contributed by atoms with Gasteiger partial charge in [0.1, 0.15) is 11.5 Å². The lowest BCUT2D eigenvalue weighted by Crippen LogP contribution is -2.53. The van der Waals surface area contributed by atoms with Crippen molar-refractivity contribution >= 4 is 23.4 Å². The van der Waals surface area contributed by atoms with Gasteiger partial charge in [0.2, 0.25) is 11.8 Å². The van der Waals surface area contributed by atoms with E-state index in [2.05, 4.69) is 5.10 Å². The van der Waals surface area contributed by atoms with E-state index in [4.69, 9.17) is 0 Å². The van der Waals surface area contributed by atoms with E-state index in [9.17, 15) is 18.8 Å². The Morgan fingerprint density at radius 2 is 1.64 bits per heavy atom. The molecule has 0 N–H and O–H groups in total. The van der Waals surface area contributed by atoms with E-state index in [0.717, 1.165) is 5.56 Å². The molecule has 28 heavy (non-hydrogen) atoms. The summed E-state index contributed by atoms with van der Waals surface area (Å²) in [6.07, 6.45) is 0.528. The van der Waals surface area contributed by atoms with Crippen LogP contribution in [-0.4, -0.2) is 64.4 Å². The van der Waals surface area contributed by atoms with E-state index in [0.29, 0.717) is 38.3 Å². The largest absolute Gasteiger partial charge is 0.339 e. The summed E-state index contributed by atoms with van der Waals surface area (Å²) in [5.74, 6) is -0.654. The number of rotatable bonds is 4. The summed E-state index contributed by atoms with van der Waals surface area (Å²) < 4.78 is 13.1. The maximum atomic E-state index is 13.1. The highest BCUT2D eigenvalue weighted by atomic mass is 19.1. The van der Waals surface area contributed by atoms with Crippen LogP contribution in [0.4, 0.5) is 4.39 Å². The number of halogens is 1. The Balaban J connectivity index is 1.64. The summed E-state index contributed by atoms with van der Waals surface area (Å²) >= 11 is 0. The quantitative estimate of drug-likeness (QED) is 0.787. The molecule has 0 unspecified atom stereocenters. The van der Waals surface area contributed by atoms with Gasteiger partial charge in [-0.15, -0.1) is 0 Å². The molecule has 1 aromatic rings. The van der Waals surface area contributed by atoms with Crippen molar-refractivity contribution in [2.45, 2.75) is 33.2 Å². The SMILES string of the molecule is CC(C)C(=O)N1CCN(C(=O)C2=NN(Cc3ccc(F)cc3)C(=O)CC2)CC1. The molecule has 0 saturated carbocycles. The second-order valence-corrected chi connectivity index (χ2v) is 7.40. The summed E-state index contributed by atoms with van der Waals surface area (Å²) in [6.45, 7) is 5.87. The number of nitrogens with zero attached hydrogens (tertiary/aromatic N) is 4. The van der Waals surface area contributed by atoms with Gasteiger partial charge >= 0.3 is 0 Å². The second kappa shape index (κ2) is 8.50. The van der Waals surface area contributed by atoms with Gasteiger partial charge in [0.05, 0.1) is 6.54 Å². The summed E-state index contributed by atoms with van der Waals surface area (Å²) in [5.41, 5.74) is 1.10. The van der Waals surface area contributed by atoms with Crippen LogP contribution in [0.15, 0.2) is 29.4 Å². The molecule has 1 aromatic carbocycles. The molecule has 7 nitrogen and oxygen atoms in total. The maximum Gasteiger partial charge on any atom is 0.270 e. The predicted octanol–water partition coefficient (Wildman–Crippen LogP) is 1.63. The Morgan fingerprint density at radius 3 is 2.25 bits per heavy atom. The molecule has 0 spiro atoms. The number of piperazine rings is 1. The minimum Gasteiger partial charge on any atom is -0.339 e. The monoisotopic (exact) mass is 388 g/mol. The molecule has 0 atom stereocenters. The molecule has 2 aliphatic rings. The van der Waals surface area contributed by atoms with Gasteiger partial charge in [-0.05, 0) is 17.7 Å². The van der Waals surface area contributed by atoms with E-state index >= 15 is 0 Å². The molecular formula is C20H25FN4O3. The molecule has 0 aromatic heterocycles. The zero-order valence-electron chi connectivity index (χ0n) is 16.2. The summed E-state index contributed by atoms with van der Waals surface area (Å²) in [6, 6.07) is 5.85. The average Bonchev–Trinajstić information content (AvgIpc) is 2.70. The molecule has 0 bridgehead atoms. The molecule has 0 radical (unpaired) electrons. The van der Waals surface area contributed by atoms with Gasteiger partial charge in [0, 0.05) is 44.9 Å². The lowest BCUT2D eigenvalue weighted by Gasteiger charge is -2.36.